The highest BCUT2D eigenvalue weighted by Gasteiger charge is 2.12. The number of rotatable bonds is 3. The van der Waals surface area contributed by atoms with Crippen LogP contribution in [0.2, 0.25) is 0 Å². The van der Waals surface area contributed by atoms with E-state index in [4.69, 9.17) is 0 Å². The van der Waals surface area contributed by atoms with Crippen LogP contribution < -0.4 is 5.32 Å². The highest BCUT2D eigenvalue weighted by atomic mass is 32.1. The lowest BCUT2D eigenvalue weighted by atomic mass is 10.2. The molecule has 1 N–H and O–H groups in total. The molecule has 4 heteroatoms. The Kier molecular flexibility index (Phi) is 3.43. The van der Waals surface area contributed by atoms with E-state index < -0.39 is 0 Å². The molecule has 0 aliphatic heterocycles. The van der Waals surface area contributed by atoms with Gasteiger partial charge < -0.3 is 5.32 Å². The van der Waals surface area contributed by atoms with E-state index in [9.17, 15) is 9.18 Å². The predicted octanol–water partition coefficient (Wildman–Crippen LogP) is 3.43. The van der Waals surface area contributed by atoms with Crippen molar-refractivity contribution in [2.24, 2.45) is 5.92 Å². The summed E-state index contributed by atoms with van der Waals surface area (Å²) in [6, 6.07) is 6.50. The number of hydrogen-bond acceptors (Lipinski definition) is 2. The molecule has 2 nitrogen and oxygen atoms in total. The molecule has 2 rings (SSSR count). The molecule has 2 aromatic rings. The molecule has 0 fully saturated rings. The van der Waals surface area contributed by atoms with Gasteiger partial charge in [-0.2, -0.15) is 0 Å². The van der Waals surface area contributed by atoms with Gasteiger partial charge in [-0.05, 0) is 24.1 Å². The molecule has 0 aliphatic rings. The van der Waals surface area contributed by atoms with Crippen LogP contribution in [-0.2, 0) is 0 Å². The average Bonchev–Trinajstić information content (AvgIpc) is 2.71. The van der Waals surface area contributed by atoms with Crippen molar-refractivity contribution in [2.45, 2.75) is 13.8 Å². The maximum atomic E-state index is 13.5. The summed E-state index contributed by atoms with van der Waals surface area (Å²) in [5.41, 5.74) is 0. The third-order valence-corrected chi connectivity index (χ3v) is 3.50. The summed E-state index contributed by atoms with van der Waals surface area (Å²) in [4.78, 5) is 12.4. The zero-order chi connectivity index (χ0) is 12.4. The molecule has 1 aromatic carbocycles. The standard InChI is InChI=1S/C13H14FNOS/c1-8(2)7-15-13(16)12-6-9-10(14)4-3-5-11(9)17-12/h3-6,8H,7H2,1-2H3,(H,15,16). The van der Waals surface area contributed by atoms with E-state index in [0.717, 1.165) is 4.70 Å². The maximum Gasteiger partial charge on any atom is 0.261 e. The number of benzene rings is 1. The van der Waals surface area contributed by atoms with Gasteiger partial charge in [-0.1, -0.05) is 19.9 Å². The second-order valence-electron chi connectivity index (χ2n) is 4.37. The summed E-state index contributed by atoms with van der Waals surface area (Å²) in [6.45, 7) is 4.70. The van der Waals surface area contributed by atoms with Crippen LogP contribution >= 0.6 is 11.3 Å². The molecule has 0 spiro atoms. The molecule has 0 bridgehead atoms. The van der Waals surface area contributed by atoms with E-state index in [0.29, 0.717) is 22.7 Å². The van der Waals surface area contributed by atoms with Gasteiger partial charge >= 0.3 is 0 Å². The van der Waals surface area contributed by atoms with Gasteiger partial charge in [0.25, 0.3) is 5.91 Å². The molecule has 0 atom stereocenters. The van der Waals surface area contributed by atoms with E-state index in [2.05, 4.69) is 5.32 Å². The van der Waals surface area contributed by atoms with E-state index >= 15 is 0 Å². The Morgan fingerprint density at radius 3 is 2.88 bits per heavy atom. The van der Waals surface area contributed by atoms with E-state index in [1.807, 2.05) is 19.9 Å². The number of carbonyl (C=O) groups is 1. The van der Waals surface area contributed by atoms with Crippen molar-refractivity contribution in [3.63, 3.8) is 0 Å². The summed E-state index contributed by atoms with van der Waals surface area (Å²) in [5.74, 6) is 0.00558. The van der Waals surface area contributed by atoms with Gasteiger partial charge in [-0.3, -0.25) is 4.79 Å². The van der Waals surface area contributed by atoms with Crippen molar-refractivity contribution >= 4 is 27.3 Å². The number of fused-ring (bicyclic) bond motifs is 1. The van der Waals surface area contributed by atoms with Crippen LogP contribution in [0.15, 0.2) is 24.3 Å². The molecule has 1 heterocycles. The van der Waals surface area contributed by atoms with Crippen LogP contribution in [-0.4, -0.2) is 12.5 Å². The van der Waals surface area contributed by atoms with Gasteiger partial charge in [0, 0.05) is 16.6 Å². The summed E-state index contributed by atoms with van der Waals surface area (Å²) < 4.78 is 14.3. The van der Waals surface area contributed by atoms with Crippen LogP contribution in [0.3, 0.4) is 0 Å². The molecule has 0 saturated carbocycles. The molecule has 1 aromatic heterocycles. The maximum absolute atomic E-state index is 13.5. The molecule has 90 valence electrons. The van der Waals surface area contributed by atoms with Crippen molar-refractivity contribution < 1.29 is 9.18 Å². The first kappa shape index (κ1) is 12.0. The lowest BCUT2D eigenvalue weighted by molar-refractivity contribution is 0.0953. The molecule has 1 amide bonds. The highest BCUT2D eigenvalue weighted by Crippen LogP contribution is 2.27. The number of amides is 1. The smallest absolute Gasteiger partial charge is 0.261 e. The third-order valence-electron chi connectivity index (χ3n) is 2.40. The molecule has 0 saturated heterocycles. The normalized spacial score (nSPS) is 11.1. The van der Waals surface area contributed by atoms with Gasteiger partial charge in [0.1, 0.15) is 5.82 Å². The second kappa shape index (κ2) is 4.84. The number of carbonyl (C=O) groups excluding carboxylic acids is 1. The zero-order valence-corrected chi connectivity index (χ0v) is 10.6. The van der Waals surface area contributed by atoms with Gasteiger partial charge in [0.05, 0.1) is 4.88 Å². The minimum absolute atomic E-state index is 0.126. The summed E-state index contributed by atoms with van der Waals surface area (Å²) >= 11 is 1.32. The van der Waals surface area contributed by atoms with Crippen molar-refractivity contribution in [3.05, 3.63) is 35.0 Å². The number of halogens is 1. The largest absolute Gasteiger partial charge is 0.351 e. The summed E-state index contributed by atoms with van der Waals surface area (Å²) in [7, 11) is 0. The Morgan fingerprint density at radius 1 is 1.47 bits per heavy atom. The molecule has 17 heavy (non-hydrogen) atoms. The molecular weight excluding hydrogens is 237 g/mol. The fourth-order valence-corrected chi connectivity index (χ4v) is 2.51. The quantitative estimate of drug-likeness (QED) is 0.889. The van der Waals surface area contributed by atoms with Crippen molar-refractivity contribution in [3.8, 4) is 0 Å². The first-order valence-electron chi connectivity index (χ1n) is 5.54. The van der Waals surface area contributed by atoms with Crippen molar-refractivity contribution in [1.29, 1.82) is 0 Å². The van der Waals surface area contributed by atoms with Gasteiger partial charge in [-0.25, -0.2) is 4.39 Å². The first-order chi connectivity index (χ1) is 8.08. The van der Waals surface area contributed by atoms with Crippen LogP contribution in [0.5, 0.6) is 0 Å². The van der Waals surface area contributed by atoms with Crippen LogP contribution in [0.4, 0.5) is 4.39 Å². The van der Waals surface area contributed by atoms with Gasteiger partial charge in [0.15, 0.2) is 0 Å². The van der Waals surface area contributed by atoms with Crippen molar-refractivity contribution in [1.82, 2.24) is 5.32 Å². The molecular formula is C13H14FNOS. The Labute approximate surface area is 103 Å². The average molecular weight is 251 g/mol. The lowest BCUT2D eigenvalue weighted by Crippen LogP contribution is -2.26. The molecule has 0 unspecified atom stereocenters. The van der Waals surface area contributed by atoms with Gasteiger partial charge in [0.2, 0.25) is 0 Å². The minimum Gasteiger partial charge on any atom is -0.351 e. The number of thiophene rings is 1. The Hall–Kier alpha value is -1.42. The Bertz CT molecular complexity index is 547. The predicted molar refractivity (Wildman–Crippen MR) is 69.0 cm³/mol. The first-order valence-corrected chi connectivity index (χ1v) is 6.36. The molecule has 0 aliphatic carbocycles. The van der Waals surface area contributed by atoms with Crippen LogP contribution in [0, 0.1) is 11.7 Å². The Morgan fingerprint density at radius 2 is 2.24 bits per heavy atom. The van der Waals surface area contributed by atoms with E-state index in [-0.39, 0.29) is 11.7 Å². The fourth-order valence-electron chi connectivity index (χ4n) is 1.52. The number of hydrogen-bond donors (Lipinski definition) is 1. The minimum atomic E-state index is -0.276. The van der Waals surface area contributed by atoms with E-state index in [1.165, 1.54) is 17.4 Å². The van der Waals surface area contributed by atoms with E-state index in [1.54, 1.807) is 12.1 Å². The SMILES string of the molecule is CC(C)CNC(=O)c1cc2c(F)cccc2s1. The van der Waals surface area contributed by atoms with Gasteiger partial charge in [-0.15, -0.1) is 11.3 Å². The fraction of sp³-hybridized carbons (Fsp3) is 0.308. The molecule has 0 radical (unpaired) electrons. The second-order valence-corrected chi connectivity index (χ2v) is 5.45. The summed E-state index contributed by atoms with van der Waals surface area (Å²) in [5, 5.41) is 3.35. The number of nitrogens with one attached hydrogen (secondary N) is 1. The summed E-state index contributed by atoms with van der Waals surface area (Å²) in [6.07, 6.45) is 0. The van der Waals surface area contributed by atoms with Crippen LogP contribution in [0.25, 0.3) is 10.1 Å². The monoisotopic (exact) mass is 251 g/mol. The van der Waals surface area contributed by atoms with Crippen molar-refractivity contribution in [2.75, 3.05) is 6.54 Å². The zero-order valence-electron chi connectivity index (χ0n) is 9.79. The van der Waals surface area contributed by atoms with Crippen LogP contribution in [0.1, 0.15) is 23.5 Å². The highest BCUT2D eigenvalue weighted by molar-refractivity contribution is 7.20. The topological polar surface area (TPSA) is 29.1 Å². The Balaban J connectivity index is 2.24. The lowest BCUT2D eigenvalue weighted by Gasteiger charge is -2.05. The third kappa shape index (κ3) is 2.64.